The summed E-state index contributed by atoms with van der Waals surface area (Å²) in [6.45, 7) is 3.96. The first-order chi connectivity index (χ1) is 21.6. The summed E-state index contributed by atoms with van der Waals surface area (Å²) in [5.74, 6) is 0.734. The number of aliphatic hydroxyl groups excluding tert-OH is 1. The monoisotopic (exact) mass is 808 g/mol. The number of hydrazone groups is 1. The third-order valence-corrected chi connectivity index (χ3v) is 8.01. The summed E-state index contributed by atoms with van der Waals surface area (Å²) in [5, 5.41) is 20.1. The van der Waals surface area contributed by atoms with Gasteiger partial charge in [0, 0.05) is 20.2 Å². The van der Waals surface area contributed by atoms with Crippen LogP contribution < -0.4 is 30.3 Å². The van der Waals surface area contributed by atoms with Crippen molar-refractivity contribution in [2.45, 2.75) is 32.7 Å². The molecule has 0 radical (unpaired) electrons. The zero-order valence-electron chi connectivity index (χ0n) is 24.5. The minimum Gasteiger partial charge on any atom is -0.490 e. The van der Waals surface area contributed by atoms with Crippen LogP contribution in [-0.4, -0.2) is 49.9 Å². The van der Waals surface area contributed by atoms with Crippen molar-refractivity contribution in [3.8, 4) is 17.2 Å². The van der Waals surface area contributed by atoms with E-state index in [1.54, 1.807) is 25.1 Å². The van der Waals surface area contributed by atoms with E-state index in [9.17, 15) is 14.7 Å². The molecule has 1 aliphatic rings. The number of nitrogens with zero attached hydrogens (tertiary/aromatic N) is 1. The Kier molecular flexibility index (Phi) is 12.3. The number of urea groups is 1. The van der Waals surface area contributed by atoms with Crippen LogP contribution >= 0.6 is 47.8 Å². The molecule has 11 nitrogen and oxygen atoms in total. The summed E-state index contributed by atoms with van der Waals surface area (Å²) < 4.78 is 25.1. The van der Waals surface area contributed by atoms with E-state index in [0.29, 0.717) is 47.3 Å². The van der Waals surface area contributed by atoms with Gasteiger partial charge in [0.1, 0.15) is 19.0 Å². The maximum absolute atomic E-state index is 12.5. The van der Waals surface area contributed by atoms with Crippen LogP contribution in [0, 0.1) is 0 Å². The average Bonchev–Trinajstić information content (AvgIpc) is 3.00. The molecule has 0 aliphatic carbocycles. The van der Waals surface area contributed by atoms with Gasteiger partial charge in [-0.05, 0) is 77.3 Å². The molecule has 4 rings (SSSR count). The molecule has 0 spiro atoms. The van der Waals surface area contributed by atoms with Crippen molar-refractivity contribution in [1.29, 1.82) is 0 Å². The second-order valence-corrected chi connectivity index (χ2v) is 12.3. The first-order valence-corrected chi connectivity index (χ1v) is 16.1. The predicted molar refractivity (Wildman–Crippen MR) is 179 cm³/mol. The fourth-order valence-electron chi connectivity index (χ4n) is 4.38. The molecule has 3 aromatic carbocycles. The van der Waals surface area contributed by atoms with E-state index in [2.05, 4.69) is 69.0 Å². The fraction of sp³-hybridized carbons (Fsp3) is 0.258. The van der Waals surface area contributed by atoms with Crippen molar-refractivity contribution in [1.82, 2.24) is 16.1 Å². The number of amides is 2. The van der Waals surface area contributed by atoms with E-state index in [4.69, 9.17) is 18.9 Å². The van der Waals surface area contributed by atoms with Gasteiger partial charge in [-0.15, -0.1) is 0 Å². The van der Waals surface area contributed by atoms with Gasteiger partial charge in [0.05, 0.1) is 36.0 Å². The Balaban J connectivity index is 1.42. The van der Waals surface area contributed by atoms with E-state index in [0.717, 1.165) is 19.0 Å². The van der Waals surface area contributed by atoms with Crippen LogP contribution in [0.2, 0.25) is 0 Å². The average molecular weight is 811 g/mol. The maximum atomic E-state index is 12.5. The normalized spacial score (nSPS) is 15.3. The summed E-state index contributed by atoms with van der Waals surface area (Å²) in [7, 11) is 1.28. The molecule has 238 valence electrons. The number of hydrogen-bond acceptors (Lipinski definition) is 9. The number of carbonyl (C=O) groups is 2. The lowest BCUT2D eigenvalue weighted by molar-refractivity contribution is -0.136. The number of aliphatic hydroxyl groups is 1. The second-order valence-electron chi connectivity index (χ2n) is 9.64. The molecule has 2 atom stereocenters. The van der Waals surface area contributed by atoms with Crippen molar-refractivity contribution in [3.05, 3.63) is 96.0 Å². The number of rotatable bonds is 13. The minimum atomic E-state index is -1.17. The smallest absolute Gasteiger partial charge is 0.337 e. The zero-order valence-corrected chi connectivity index (χ0v) is 29.3. The Bertz CT molecular complexity index is 1600. The number of hydrogen-bond donors (Lipinski definition) is 4. The highest BCUT2D eigenvalue weighted by atomic mass is 79.9. The van der Waals surface area contributed by atoms with E-state index in [1.165, 1.54) is 13.3 Å². The molecule has 0 unspecified atom stereocenters. The van der Waals surface area contributed by atoms with E-state index >= 15 is 0 Å². The highest BCUT2D eigenvalue weighted by Gasteiger charge is 2.32. The Morgan fingerprint density at radius 1 is 1.04 bits per heavy atom. The topological polar surface area (TPSA) is 140 Å². The van der Waals surface area contributed by atoms with Crippen LogP contribution in [0.25, 0.3) is 0 Å². The molecule has 4 N–H and O–H groups in total. The second kappa shape index (κ2) is 16.1. The van der Waals surface area contributed by atoms with Gasteiger partial charge in [0.15, 0.2) is 17.7 Å². The Morgan fingerprint density at radius 3 is 2.51 bits per heavy atom. The van der Waals surface area contributed by atoms with E-state index in [-0.39, 0.29) is 12.2 Å². The number of methoxy groups -OCH3 is 1. The molecular formula is C31H31Br3N4O7. The van der Waals surface area contributed by atoms with E-state index < -0.39 is 24.3 Å². The van der Waals surface area contributed by atoms with Gasteiger partial charge in [-0.3, -0.25) is 5.43 Å². The Morgan fingerprint density at radius 2 is 1.80 bits per heavy atom. The summed E-state index contributed by atoms with van der Waals surface area (Å²) in [4.78, 5) is 24.6. The zero-order chi connectivity index (χ0) is 32.5. The molecule has 2 amide bonds. The standard InChI is InChI=1S/C31H31Br3N4O7/c1-4-43-25-12-19(28-27(30(40)42-3)17(2)36-31(41)37-28)7-10-24(25)44-16-26(39)38-35-14-20-11-22(33)13-23(34)29(20)45-15-18-5-8-21(32)9-6-18/h5-14,26,28,38-39H,4,15-16H2,1-3H3,(H2,36,37,41)/b35-14+/t26-,28+/m1/s1. The number of nitrogens with one attached hydrogen (secondary N) is 3. The lowest BCUT2D eigenvalue weighted by atomic mass is 9.95. The number of esters is 1. The molecule has 0 aromatic heterocycles. The largest absolute Gasteiger partial charge is 0.490 e. The lowest BCUT2D eigenvalue weighted by Crippen LogP contribution is -2.45. The number of benzene rings is 3. The molecular weight excluding hydrogens is 780 g/mol. The molecule has 0 saturated heterocycles. The quantitative estimate of drug-likeness (QED) is 0.0707. The van der Waals surface area contributed by atoms with Gasteiger partial charge in [0.25, 0.3) is 0 Å². The van der Waals surface area contributed by atoms with Crippen LogP contribution in [0.4, 0.5) is 4.79 Å². The first-order valence-electron chi connectivity index (χ1n) is 13.7. The van der Waals surface area contributed by atoms with Crippen molar-refractivity contribution in [3.63, 3.8) is 0 Å². The van der Waals surface area contributed by atoms with Crippen LogP contribution in [-0.2, 0) is 16.1 Å². The third-order valence-electron chi connectivity index (χ3n) is 6.43. The minimum absolute atomic E-state index is 0.164. The highest BCUT2D eigenvalue weighted by molar-refractivity contribution is 9.11. The molecule has 1 aliphatic heterocycles. The van der Waals surface area contributed by atoms with Gasteiger partial charge in [-0.1, -0.05) is 50.1 Å². The van der Waals surface area contributed by atoms with Crippen LogP contribution in [0.15, 0.2) is 84.4 Å². The molecule has 1 heterocycles. The predicted octanol–water partition coefficient (Wildman–Crippen LogP) is 6.07. The van der Waals surface area contributed by atoms with Crippen LogP contribution in [0.3, 0.4) is 0 Å². The number of ether oxygens (including phenoxy) is 4. The number of allylic oxidation sites excluding steroid dienone is 1. The van der Waals surface area contributed by atoms with Crippen molar-refractivity contribution in [2.24, 2.45) is 5.10 Å². The summed E-state index contributed by atoms with van der Waals surface area (Å²) in [5.41, 5.74) is 5.56. The third kappa shape index (κ3) is 9.22. The van der Waals surface area contributed by atoms with Gasteiger partial charge in [-0.25, -0.2) is 9.59 Å². The highest BCUT2D eigenvalue weighted by Crippen LogP contribution is 2.35. The summed E-state index contributed by atoms with van der Waals surface area (Å²) in [6, 6.07) is 15.4. The number of carbonyl (C=O) groups excluding carboxylic acids is 2. The Hall–Kier alpha value is -3.59. The fourth-order valence-corrected chi connectivity index (χ4v) is 6.02. The van der Waals surface area contributed by atoms with Gasteiger partial charge >= 0.3 is 12.0 Å². The number of halogens is 3. The van der Waals surface area contributed by atoms with E-state index in [1.807, 2.05) is 43.3 Å². The maximum Gasteiger partial charge on any atom is 0.337 e. The lowest BCUT2D eigenvalue weighted by Gasteiger charge is -2.28. The van der Waals surface area contributed by atoms with Crippen molar-refractivity contribution < 1.29 is 33.6 Å². The van der Waals surface area contributed by atoms with Gasteiger partial charge in [-0.2, -0.15) is 5.10 Å². The molecule has 0 fully saturated rings. The van der Waals surface area contributed by atoms with Gasteiger partial charge < -0.3 is 34.7 Å². The molecule has 3 aromatic rings. The van der Waals surface area contributed by atoms with Crippen molar-refractivity contribution >= 4 is 66.0 Å². The SMILES string of the molecule is CCOc1cc([C@@H]2NC(=O)NC(C)=C2C(=O)OC)ccc1OC[C@@H](O)N/N=C/c1cc(Br)cc(Br)c1OCc1ccc(Br)cc1. The summed E-state index contributed by atoms with van der Waals surface area (Å²) in [6.07, 6.45) is 0.371. The molecule has 14 heteroatoms. The van der Waals surface area contributed by atoms with Gasteiger partial charge in [0.2, 0.25) is 0 Å². The molecule has 0 bridgehead atoms. The molecule has 0 saturated carbocycles. The molecule has 45 heavy (non-hydrogen) atoms. The Labute approximate surface area is 285 Å². The first kappa shape index (κ1) is 34.3. The van der Waals surface area contributed by atoms with Crippen molar-refractivity contribution in [2.75, 3.05) is 20.3 Å². The van der Waals surface area contributed by atoms with Crippen LogP contribution in [0.5, 0.6) is 17.2 Å². The van der Waals surface area contributed by atoms with Crippen LogP contribution in [0.1, 0.15) is 36.6 Å². The summed E-state index contributed by atoms with van der Waals surface area (Å²) >= 11 is 10.5.